The Morgan fingerprint density at radius 3 is 2.70 bits per heavy atom. The SMILES string of the molecule is COCCCCC(C)C=O. The van der Waals surface area contributed by atoms with E-state index in [4.69, 9.17) is 4.74 Å². The summed E-state index contributed by atoms with van der Waals surface area (Å²) in [6.45, 7) is 2.76. The Balaban J connectivity index is 2.95. The number of unbranched alkanes of at least 4 members (excludes halogenated alkanes) is 1. The third-order valence-corrected chi connectivity index (χ3v) is 1.49. The van der Waals surface area contributed by atoms with E-state index in [1.54, 1.807) is 7.11 Å². The van der Waals surface area contributed by atoms with Gasteiger partial charge in [0.05, 0.1) is 0 Å². The van der Waals surface area contributed by atoms with Gasteiger partial charge in [0, 0.05) is 19.6 Å². The van der Waals surface area contributed by atoms with Gasteiger partial charge in [-0.3, -0.25) is 0 Å². The second-order valence-corrected chi connectivity index (χ2v) is 2.60. The number of hydrogen-bond acceptors (Lipinski definition) is 2. The van der Waals surface area contributed by atoms with Gasteiger partial charge in [-0.15, -0.1) is 0 Å². The monoisotopic (exact) mass is 144 g/mol. The first-order valence-corrected chi connectivity index (χ1v) is 3.75. The molecule has 0 aromatic carbocycles. The number of carbonyl (C=O) groups excluding carboxylic acids is 1. The van der Waals surface area contributed by atoms with Crippen molar-refractivity contribution in [3.05, 3.63) is 0 Å². The maximum atomic E-state index is 10.1. The predicted octanol–water partition coefficient (Wildman–Crippen LogP) is 1.64. The molecule has 0 spiro atoms. The van der Waals surface area contributed by atoms with Gasteiger partial charge in [-0.2, -0.15) is 0 Å². The lowest BCUT2D eigenvalue weighted by atomic mass is 10.1. The van der Waals surface area contributed by atoms with Crippen molar-refractivity contribution in [2.45, 2.75) is 26.2 Å². The second kappa shape index (κ2) is 6.75. The molecule has 2 nitrogen and oxygen atoms in total. The molecule has 2 heteroatoms. The molecule has 0 aliphatic rings. The molecule has 0 aliphatic carbocycles. The molecule has 0 N–H and O–H groups in total. The summed E-state index contributed by atoms with van der Waals surface area (Å²) in [6.07, 6.45) is 4.15. The zero-order valence-electron chi connectivity index (χ0n) is 6.80. The highest BCUT2D eigenvalue weighted by atomic mass is 16.5. The van der Waals surface area contributed by atoms with Gasteiger partial charge in [0.2, 0.25) is 0 Å². The van der Waals surface area contributed by atoms with Crippen LogP contribution >= 0.6 is 0 Å². The van der Waals surface area contributed by atoms with E-state index in [2.05, 4.69) is 0 Å². The van der Waals surface area contributed by atoms with Gasteiger partial charge in [-0.25, -0.2) is 0 Å². The minimum absolute atomic E-state index is 0.219. The molecule has 0 radical (unpaired) electrons. The number of aldehydes is 1. The van der Waals surface area contributed by atoms with Gasteiger partial charge < -0.3 is 9.53 Å². The Kier molecular flexibility index (Phi) is 6.50. The fourth-order valence-corrected chi connectivity index (χ4v) is 0.781. The molecule has 0 fully saturated rings. The molecule has 0 amide bonds. The van der Waals surface area contributed by atoms with E-state index in [1.807, 2.05) is 6.92 Å². The van der Waals surface area contributed by atoms with Gasteiger partial charge in [-0.05, 0) is 12.8 Å². The highest BCUT2D eigenvalue weighted by Gasteiger charge is 1.97. The first-order valence-electron chi connectivity index (χ1n) is 3.75. The van der Waals surface area contributed by atoms with Crippen molar-refractivity contribution in [3.63, 3.8) is 0 Å². The van der Waals surface area contributed by atoms with E-state index in [1.165, 1.54) is 0 Å². The Bertz CT molecular complexity index is 81.3. The molecule has 0 bridgehead atoms. The van der Waals surface area contributed by atoms with Gasteiger partial charge >= 0.3 is 0 Å². The summed E-state index contributed by atoms with van der Waals surface area (Å²) < 4.78 is 4.87. The van der Waals surface area contributed by atoms with E-state index in [0.29, 0.717) is 0 Å². The minimum Gasteiger partial charge on any atom is -0.385 e. The van der Waals surface area contributed by atoms with Crippen molar-refractivity contribution >= 4 is 6.29 Å². The molecule has 0 saturated heterocycles. The standard InChI is InChI=1S/C8H16O2/c1-8(7-9)5-3-4-6-10-2/h7-8H,3-6H2,1-2H3. The summed E-state index contributed by atoms with van der Waals surface area (Å²) in [4.78, 5) is 10.1. The number of rotatable bonds is 6. The molecule has 0 saturated carbocycles. The largest absolute Gasteiger partial charge is 0.385 e. The molecule has 0 rings (SSSR count). The summed E-state index contributed by atoms with van der Waals surface area (Å²) in [5.74, 6) is 0.219. The third-order valence-electron chi connectivity index (χ3n) is 1.49. The average Bonchev–Trinajstić information content (AvgIpc) is 1.98. The third kappa shape index (κ3) is 5.76. The fraction of sp³-hybridized carbons (Fsp3) is 0.875. The van der Waals surface area contributed by atoms with Crippen molar-refractivity contribution in [3.8, 4) is 0 Å². The summed E-state index contributed by atoms with van der Waals surface area (Å²) in [7, 11) is 1.70. The zero-order valence-corrected chi connectivity index (χ0v) is 6.80. The average molecular weight is 144 g/mol. The zero-order chi connectivity index (χ0) is 7.82. The summed E-state index contributed by atoms with van der Waals surface area (Å²) in [5.41, 5.74) is 0. The Labute approximate surface area is 62.6 Å². The number of carbonyl (C=O) groups is 1. The highest BCUT2D eigenvalue weighted by Crippen LogP contribution is 2.04. The van der Waals surface area contributed by atoms with E-state index >= 15 is 0 Å². The number of methoxy groups -OCH3 is 1. The summed E-state index contributed by atoms with van der Waals surface area (Å²) >= 11 is 0. The molecular weight excluding hydrogens is 128 g/mol. The van der Waals surface area contributed by atoms with Crippen LogP contribution in [0.1, 0.15) is 26.2 Å². The lowest BCUT2D eigenvalue weighted by molar-refractivity contribution is -0.110. The van der Waals surface area contributed by atoms with Gasteiger partial charge in [0.15, 0.2) is 0 Å². The normalized spacial score (nSPS) is 13.0. The van der Waals surface area contributed by atoms with Crippen LogP contribution in [0.4, 0.5) is 0 Å². The molecule has 0 heterocycles. The van der Waals surface area contributed by atoms with Crippen LogP contribution in [-0.4, -0.2) is 20.0 Å². The van der Waals surface area contributed by atoms with Gasteiger partial charge in [0.1, 0.15) is 6.29 Å². The smallest absolute Gasteiger partial charge is 0.122 e. The van der Waals surface area contributed by atoms with Crippen molar-refractivity contribution < 1.29 is 9.53 Å². The number of ether oxygens (including phenoxy) is 1. The van der Waals surface area contributed by atoms with Gasteiger partial charge in [0.25, 0.3) is 0 Å². The highest BCUT2D eigenvalue weighted by molar-refractivity contribution is 5.52. The molecule has 10 heavy (non-hydrogen) atoms. The van der Waals surface area contributed by atoms with Crippen LogP contribution in [0.5, 0.6) is 0 Å². The second-order valence-electron chi connectivity index (χ2n) is 2.60. The molecule has 60 valence electrons. The summed E-state index contributed by atoms with van der Waals surface area (Å²) in [6, 6.07) is 0. The van der Waals surface area contributed by atoms with Crippen molar-refractivity contribution in [1.82, 2.24) is 0 Å². The van der Waals surface area contributed by atoms with Crippen LogP contribution in [-0.2, 0) is 9.53 Å². The maximum absolute atomic E-state index is 10.1. The first-order chi connectivity index (χ1) is 4.81. The topological polar surface area (TPSA) is 26.3 Å². The van der Waals surface area contributed by atoms with Crippen LogP contribution in [0.25, 0.3) is 0 Å². The molecule has 0 aromatic rings. The van der Waals surface area contributed by atoms with Crippen LogP contribution in [0.2, 0.25) is 0 Å². The Morgan fingerprint density at radius 1 is 1.50 bits per heavy atom. The van der Waals surface area contributed by atoms with Gasteiger partial charge in [-0.1, -0.05) is 13.3 Å². The number of hydrogen-bond donors (Lipinski definition) is 0. The minimum atomic E-state index is 0.219. The van der Waals surface area contributed by atoms with Crippen LogP contribution in [0.3, 0.4) is 0 Å². The van der Waals surface area contributed by atoms with Crippen LogP contribution in [0, 0.1) is 5.92 Å². The van der Waals surface area contributed by atoms with Crippen LogP contribution < -0.4 is 0 Å². The fourth-order valence-electron chi connectivity index (χ4n) is 0.781. The Morgan fingerprint density at radius 2 is 2.20 bits per heavy atom. The van der Waals surface area contributed by atoms with E-state index < -0.39 is 0 Å². The quantitative estimate of drug-likeness (QED) is 0.418. The summed E-state index contributed by atoms with van der Waals surface area (Å²) in [5, 5.41) is 0. The van der Waals surface area contributed by atoms with E-state index in [-0.39, 0.29) is 5.92 Å². The molecule has 0 aliphatic heterocycles. The Hall–Kier alpha value is -0.370. The van der Waals surface area contributed by atoms with Crippen LogP contribution in [0.15, 0.2) is 0 Å². The van der Waals surface area contributed by atoms with E-state index in [9.17, 15) is 4.79 Å². The van der Waals surface area contributed by atoms with Crippen molar-refractivity contribution in [1.29, 1.82) is 0 Å². The molecule has 0 aromatic heterocycles. The van der Waals surface area contributed by atoms with Crippen molar-refractivity contribution in [2.75, 3.05) is 13.7 Å². The molecular formula is C8H16O2. The first kappa shape index (κ1) is 9.63. The van der Waals surface area contributed by atoms with Crippen molar-refractivity contribution in [2.24, 2.45) is 5.92 Å². The molecule has 1 unspecified atom stereocenters. The lowest BCUT2D eigenvalue weighted by Gasteiger charge is -2.01. The van der Waals surface area contributed by atoms with E-state index in [0.717, 1.165) is 32.2 Å². The maximum Gasteiger partial charge on any atom is 0.122 e. The predicted molar refractivity (Wildman–Crippen MR) is 41.0 cm³/mol. The lowest BCUT2D eigenvalue weighted by Crippen LogP contribution is -1.96. The molecule has 1 atom stereocenters.